The van der Waals surface area contributed by atoms with Gasteiger partial charge >= 0.3 is 0 Å². The Balaban J connectivity index is 4.92. The summed E-state index contributed by atoms with van der Waals surface area (Å²) in [6.45, 7) is 17.0. The third kappa shape index (κ3) is 4.95. The summed E-state index contributed by atoms with van der Waals surface area (Å²) in [4.78, 5) is 0. The lowest BCUT2D eigenvalue weighted by Gasteiger charge is -2.47. The van der Waals surface area contributed by atoms with Crippen molar-refractivity contribution in [1.82, 2.24) is 3.90 Å². The van der Waals surface area contributed by atoms with E-state index in [-0.39, 0.29) is 0 Å². The number of hydrogen-bond acceptors (Lipinski definition) is 2. The molecule has 2 nitrogen and oxygen atoms in total. The maximum absolute atomic E-state index is 5.84. The molecule has 0 aliphatic carbocycles. The Hall–Kier alpha value is 0.571. The largest absolute Gasteiger partial charge is 0.410 e. The van der Waals surface area contributed by atoms with Crippen LogP contribution in [0.15, 0.2) is 0 Å². The Bertz CT molecular complexity index is 172. The van der Waals surface area contributed by atoms with E-state index in [9.17, 15) is 0 Å². The van der Waals surface area contributed by atoms with E-state index in [1.165, 1.54) is 12.5 Å². The molecule has 0 saturated heterocycles. The maximum atomic E-state index is 5.84. The van der Waals surface area contributed by atoms with Gasteiger partial charge in [0.1, 0.15) is 16.5 Å². The van der Waals surface area contributed by atoms with Crippen LogP contribution >= 0.6 is 0 Å². The van der Waals surface area contributed by atoms with Gasteiger partial charge in [0.15, 0.2) is 0 Å². The van der Waals surface area contributed by atoms with Crippen LogP contribution < -0.4 is 0 Å². The fourth-order valence-electron chi connectivity index (χ4n) is 2.47. The first-order chi connectivity index (χ1) is 6.64. The summed E-state index contributed by atoms with van der Waals surface area (Å²) in [5.41, 5.74) is 0. The third-order valence-electron chi connectivity index (χ3n) is 2.54. The fraction of sp³-hybridized carbons (Fsp3) is 1.00. The van der Waals surface area contributed by atoms with Crippen LogP contribution in [-0.4, -0.2) is 36.7 Å². The molecule has 0 spiro atoms. The van der Waals surface area contributed by atoms with Crippen LogP contribution in [-0.2, 0) is 4.43 Å². The van der Waals surface area contributed by atoms with Crippen molar-refractivity contribution in [2.24, 2.45) is 0 Å². The Kier molecular flexibility index (Phi) is 5.99. The van der Waals surface area contributed by atoms with Gasteiger partial charge in [-0.1, -0.05) is 52.6 Å². The maximum Gasteiger partial charge on any atom is 0.241 e. The molecule has 0 aromatic rings. The second-order valence-electron chi connectivity index (χ2n) is 6.19. The number of rotatable bonds is 6. The molecule has 0 amide bonds. The summed E-state index contributed by atoms with van der Waals surface area (Å²) in [6.07, 6.45) is 1.26. The third-order valence-corrected chi connectivity index (χ3v) is 18.0. The van der Waals surface area contributed by atoms with Crippen molar-refractivity contribution in [3.63, 3.8) is 0 Å². The van der Waals surface area contributed by atoms with Gasteiger partial charge in [0, 0.05) is 7.11 Å². The van der Waals surface area contributed by atoms with Gasteiger partial charge in [-0.05, 0) is 6.04 Å². The van der Waals surface area contributed by atoms with E-state index in [4.69, 9.17) is 4.43 Å². The van der Waals surface area contributed by atoms with E-state index in [0.717, 1.165) is 0 Å². The van der Waals surface area contributed by atoms with Gasteiger partial charge in [-0.15, -0.1) is 0 Å². The smallest absolute Gasteiger partial charge is 0.241 e. The quantitative estimate of drug-likeness (QED) is 0.682. The van der Waals surface area contributed by atoms with E-state index in [1.807, 2.05) is 7.11 Å². The van der Waals surface area contributed by atoms with Gasteiger partial charge in [0.25, 0.3) is 0 Å². The minimum absolute atomic E-state index is 1.12. The van der Waals surface area contributed by atoms with E-state index in [0.29, 0.717) is 0 Å². The summed E-state index contributed by atoms with van der Waals surface area (Å²) in [5.74, 6) is 0. The molecule has 0 aromatic heterocycles. The molecule has 92 valence electrons. The summed E-state index contributed by atoms with van der Waals surface area (Å²) in [6, 6.07) is 1.30. The van der Waals surface area contributed by atoms with Crippen molar-refractivity contribution in [3.8, 4) is 0 Å². The molecular formula is C10H29NOSi3. The average Bonchev–Trinajstić information content (AvgIpc) is 1.98. The van der Waals surface area contributed by atoms with Crippen molar-refractivity contribution < 1.29 is 4.43 Å². The molecule has 0 aliphatic rings. The lowest BCUT2D eigenvalue weighted by molar-refractivity contribution is 0.393. The van der Waals surface area contributed by atoms with Gasteiger partial charge in [-0.2, -0.15) is 0 Å². The molecular weight excluding hydrogens is 234 g/mol. The minimum atomic E-state index is -1.21. The summed E-state index contributed by atoms with van der Waals surface area (Å²) < 4.78 is 8.72. The fourth-order valence-corrected chi connectivity index (χ4v) is 20.0. The highest BCUT2D eigenvalue weighted by molar-refractivity contribution is 6.98. The molecule has 0 saturated carbocycles. The molecule has 0 aliphatic heterocycles. The Morgan fingerprint density at radius 1 is 1.00 bits per heavy atom. The van der Waals surface area contributed by atoms with Gasteiger partial charge in [0.05, 0.1) is 0 Å². The summed E-state index contributed by atoms with van der Waals surface area (Å²) >= 11 is 0. The zero-order valence-electron chi connectivity index (χ0n) is 11.8. The molecule has 15 heavy (non-hydrogen) atoms. The van der Waals surface area contributed by atoms with Crippen LogP contribution in [0.1, 0.15) is 13.3 Å². The molecule has 0 N–H and O–H groups in total. The van der Waals surface area contributed by atoms with Crippen LogP contribution in [0.4, 0.5) is 0 Å². The van der Waals surface area contributed by atoms with Crippen LogP contribution in [0, 0.1) is 0 Å². The van der Waals surface area contributed by atoms with E-state index >= 15 is 0 Å². The molecule has 0 rings (SSSR count). The van der Waals surface area contributed by atoms with Crippen LogP contribution in [0.3, 0.4) is 0 Å². The normalized spacial score (nSPS) is 15.8. The molecule has 1 atom stereocenters. The second kappa shape index (κ2) is 5.77. The van der Waals surface area contributed by atoms with Crippen molar-refractivity contribution in [3.05, 3.63) is 0 Å². The van der Waals surface area contributed by atoms with E-state index in [2.05, 4.69) is 50.1 Å². The molecule has 0 radical (unpaired) electrons. The molecule has 5 heteroatoms. The molecule has 0 aromatic carbocycles. The monoisotopic (exact) mass is 263 g/mol. The standard InChI is InChI=1S/C10H29NOSi3/c1-9-10-13(12-2)11(14(3,4)5)15(6,7)8/h13H,9-10H2,1-8H3. The van der Waals surface area contributed by atoms with Crippen molar-refractivity contribution in [2.75, 3.05) is 7.11 Å². The van der Waals surface area contributed by atoms with Gasteiger partial charge in [-0.3, -0.25) is 0 Å². The second-order valence-corrected chi connectivity index (χ2v) is 19.8. The molecule has 0 heterocycles. The Morgan fingerprint density at radius 3 is 1.60 bits per heavy atom. The van der Waals surface area contributed by atoms with Crippen molar-refractivity contribution >= 4 is 25.7 Å². The van der Waals surface area contributed by atoms with Gasteiger partial charge in [-0.25, -0.2) is 0 Å². The Morgan fingerprint density at radius 2 is 1.40 bits per heavy atom. The van der Waals surface area contributed by atoms with E-state index in [1.54, 1.807) is 0 Å². The molecule has 0 fully saturated rings. The zero-order valence-corrected chi connectivity index (χ0v) is 15.0. The highest BCUT2D eigenvalue weighted by atomic mass is 28.5. The first kappa shape index (κ1) is 15.6. The van der Waals surface area contributed by atoms with E-state index < -0.39 is 25.7 Å². The first-order valence-corrected chi connectivity index (χ1v) is 14.7. The highest BCUT2D eigenvalue weighted by Crippen LogP contribution is 2.23. The van der Waals surface area contributed by atoms with Crippen LogP contribution in [0.2, 0.25) is 45.3 Å². The minimum Gasteiger partial charge on any atom is -0.410 e. The Labute approximate surface area is 100.0 Å². The lowest BCUT2D eigenvalue weighted by Crippen LogP contribution is -2.65. The topological polar surface area (TPSA) is 12.5 Å². The van der Waals surface area contributed by atoms with Crippen molar-refractivity contribution in [1.29, 1.82) is 0 Å². The van der Waals surface area contributed by atoms with Crippen molar-refractivity contribution in [2.45, 2.75) is 58.7 Å². The molecule has 1 unspecified atom stereocenters. The zero-order chi connectivity index (χ0) is 12.3. The SMILES string of the molecule is CCC[SiH](OC)N([Si](C)(C)C)[Si](C)(C)C. The lowest BCUT2D eigenvalue weighted by atomic mass is 10.6. The number of nitrogens with zero attached hydrogens (tertiary/aromatic N) is 1. The predicted octanol–water partition coefficient (Wildman–Crippen LogP) is 3.24. The van der Waals surface area contributed by atoms with Gasteiger partial charge in [0.2, 0.25) is 9.20 Å². The summed E-state index contributed by atoms with van der Waals surface area (Å²) in [5, 5.41) is 0. The number of hydrogen-bond donors (Lipinski definition) is 0. The summed E-state index contributed by atoms with van der Waals surface area (Å²) in [7, 11) is -1.63. The highest BCUT2D eigenvalue weighted by Gasteiger charge is 2.39. The van der Waals surface area contributed by atoms with Gasteiger partial charge < -0.3 is 8.32 Å². The molecule has 0 bridgehead atoms. The van der Waals surface area contributed by atoms with Crippen LogP contribution in [0.25, 0.3) is 0 Å². The first-order valence-electron chi connectivity index (χ1n) is 5.96. The van der Waals surface area contributed by atoms with Crippen LogP contribution in [0.5, 0.6) is 0 Å². The average molecular weight is 264 g/mol. The predicted molar refractivity (Wildman–Crippen MR) is 77.8 cm³/mol.